The molecule has 17 heavy (non-hydrogen) atoms. The number of carboxylic acids is 1. The largest absolute Gasteiger partial charge is 0.477 e. The lowest BCUT2D eigenvalue weighted by molar-refractivity contribution is 0.0689. The van der Waals surface area contributed by atoms with Crippen molar-refractivity contribution in [3.8, 4) is 0 Å². The summed E-state index contributed by atoms with van der Waals surface area (Å²) in [6.07, 6.45) is 8.63. The first-order valence-electron chi connectivity index (χ1n) is 5.91. The minimum atomic E-state index is -0.960. The average Bonchev–Trinajstić information content (AvgIpc) is 2.95. The summed E-state index contributed by atoms with van der Waals surface area (Å²) in [6.45, 7) is 1.43. The summed E-state index contributed by atoms with van der Waals surface area (Å²) in [4.78, 5) is 10.8. The Labute approximate surface area is 99.9 Å². The molecule has 1 heterocycles. The lowest BCUT2D eigenvalue weighted by atomic mass is 10.1. The zero-order chi connectivity index (χ0) is 12.1. The van der Waals surface area contributed by atoms with Crippen molar-refractivity contribution in [2.45, 2.75) is 32.2 Å². The van der Waals surface area contributed by atoms with E-state index < -0.39 is 5.97 Å². The third-order valence-electron chi connectivity index (χ3n) is 3.01. The van der Waals surface area contributed by atoms with Gasteiger partial charge in [0.05, 0.1) is 6.20 Å². The third kappa shape index (κ3) is 3.17. The molecule has 3 N–H and O–H groups in total. The quantitative estimate of drug-likeness (QED) is 0.518. The topological polar surface area (TPSA) is 78.0 Å². The van der Waals surface area contributed by atoms with Crippen molar-refractivity contribution < 1.29 is 9.90 Å². The number of nitrogens with zero attached hydrogens (tertiary/aromatic N) is 1. The van der Waals surface area contributed by atoms with Gasteiger partial charge in [0.15, 0.2) is 0 Å². The van der Waals surface area contributed by atoms with Gasteiger partial charge in [-0.05, 0) is 32.2 Å². The Balaban J connectivity index is 1.74. The number of hydrogen-bond acceptors (Lipinski definition) is 3. The fraction of sp³-hybridized carbons (Fsp3) is 0.500. The first kappa shape index (κ1) is 11.9. The molecule has 0 aliphatic heterocycles. The number of nitrogens with one attached hydrogen (secondary N) is 2. The summed E-state index contributed by atoms with van der Waals surface area (Å²) in [6, 6.07) is 0. The van der Waals surface area contributed by atoms with E-state index in [2.05, 4.69) is 21.6 Å². The van der Waals surface area contributed by atoms with Gasteiger partial charge in [0.25, 0.3) is 0 Å². The Morgan fingerprint density at radius 1 is 1.59 bits per heavy atom. The fourth-order valence-electron chi connectivity index (χ4n) is 2.07. The maximum atomic E-state index is 10.8. The molecule has 1 aromatic rings. The van der Waals surface area contributed by atoms with E-state index in [4.69, 9.17) is 5.11 Å². The van der Waals surface area contributed by atoms with Crippen LogP contribution in [0, 0.1) is 0 Å². The van der Waals surface area contributed by atoms with Gasteiger partial charge in [-0.1, -0.05) is 11.6 Å². The Morgan fingerprint density at radius 2 is 2.47 bits per heavy atom. The number of allylic oxidation sites excluding steroid dienone is 1. The van der Waals surface area contributed by atoms with E-state index >= 15 is 0 Å². The molecule has 1 aliphatic rings. The molecule has 0 amide bonds. The van der Waals surface area contributed by atoms with Crippen LogP contribution in [0.1, 0.15) is 41.7 Å². The van der Waals surface area contributed by atoms with Crippen molar-refractivity contribution in [2.24, 2.45) is 0 Å². The average molecular weight is 235 g/mol. The molecule has 0 unspecified atom stereocenters. The summed E-state index contributed by atoms with van der Waals surface area (Å²) in [5.74, 6) is -0.960. The lowest BCUT2D eigenvalue weighted by Crippen LogP contribution is -2.16. The molecular formula is C12H17N3O2. The molecule has 0 bridgehead atoms. The van der Waals surface area contributed by atoms with E-state index in [0.717, 1.165) is 13.0 Å². The number of hydrogen-bond donors (Lipinski definition) is 3. The molecule has 0 saturated carbocycles. The van der Waals surface area contributed by atoms with Crippen LogP contribution >= 0.6 is 0 Å². The van der Waals surface area contributed by atoms with Gasteiger partial charge >= 0.3 is 5.97 Å². The Kier molecular flexibility index (Phi) is 3.93. The first-order valence-corrected chi connectivity index (χ1v) is 5.91. The second-order valence-electron chi connectivity index (χ2n) is 4.26. The minimum Gasteiger partial charge on any atom is -0.477 e. The molecule has 0 spiro atoms. The van der Waals surface area contributed by atoms with Crippen LogP contribution in [0.15, 0.2) is 17.8 Å². The van der Waals surface area contributed by atoms with E-state index in [1.807, 2.05) is 0 Å². The molecule has 0 saturated heterocycles. The molecule has 2 rings (SSSR count). The predicted molar refractivity (Wildman–Crippen MR) is 63.8 cm³/mol. The number of carboxylic acid groups (broad SMARTS) is 1. The Bertz CT molecular complexity index is 423. The normalized spacial score (nSPS) is 14.9. The minimum absolute atomic E-state index is 0.178. The number of aromatic nitrogens is 2. The molecule has 1 aromatic heterocycles. The van der Waals surface area contributed by atoms with Crippen molar-refractivity contribution in [3.63, 3.8) is 0 Å². The van der Waals surface area contributed by atoms with Gasteiger partial charge in [-0.2, -0.15) is 5.10 Å². The van der Waals surface area contributed by atoms with Crippen molar-refractivity contribution in [3.05, 3.63) is 29.1 Å². The van der Waals surface area contributed by atoms with E-state index in [9.17, 15) is 4.79 Å². The predicted octanol–water partition coefficient (Wildman–Crippen LogP) is 1.70. The number of H-pyrrole nitrogens is 1. The van der Waals surface area contributed by atoms with Crippen LogP contribution in [0.2, 0.25) is 0 Å². The zero-order valence-corrected chi connectivity index (χ0v) is 9.70. The fourth-order valence-corrected chi connectivity index (χ4v) is 2.07. The second-order valence-corrected chi connectivity index (χ2v) is 4.26. The van der Waals surface area contributed by atoms with Crippen LogP contribution in [0.5, 0.6) is 0 Å². The Morgan fingerprint density at radius 3 is 3.18 bits per heavy atom. The molecule has 5 heteroatoms. The first-order chi connectivity index (χ1) is 8.27. The monoisotopic (exact) mass is 235 g/mol. The SMILES string of the molecule is O=C(O)c1[nH]ncc1CNCCC1=CCCC1. The summed E-state index contributed by atoms with van der Waals surface area (Å²) in [7, 11) is 0. The maximum Gasteiger partial charge on any atom is 0.354 e. The number of aromatic amines is 1. The van der Waals surface area contributed by atoms with Crippen LogP contribution in [0.4, 0.5) is 0 Å². The highest BCUT2D eigenvalue weighted by Crippen LogP contribution is 2.19. The van der Waals surface area contributed by atoms with Crippen molar-refractivity contribution >= 4 is 5.97 Å². The van der Waals surface area contributed by atoms with Crippen LogP contribution in [0.25, 0.3) is 0 Å². The summed E-state index contributed by atoms with van der Waals surface area (Å²) >= 11 is 0. The van der Waals surface area contributed by atoms with Gasteiger partial charge in [0.2, 0.25) is 0 Å². The van der Waals surface area contributed by atoms with Gasteiger partial charge in [-0.3, -0.25) is 5.10 Å². The molecule has 1 aliphatic carbocycles. The van der Waals surface area contributed by atoms with Crippen molar-refractivity contribution in [1.82, 2.24) is 15.5 Å². The molecule has 0 radical (unpaired) electrons. The van der Waals surface area contributed by atoms with Crippen molar-refractivity contribution in [2.75, 3.05) is 6.54 Å². The van der Waals surface area contributed by atoms with Crippen LogP contribution < -0.4 is 5.32 Å². The second kappa shape index (κ2) is 5.63. The Hall–Kier alpha value is -1.62. The highest BCUT2D eigenvalue weighted by molar-refractivity contribution is 5.86. The highest BCUT2D eigenvalue weighted by Gasteiger charge is 2.11. The van der Waals surface area contributed by atoms with Crippen LogP contribution in [-0.2, 0) is 6.54 Å². The lowest BCUT2D eigenvalue weighted by Gasteiger charge is -2.04. The summed E-state index contributed by atoms with van der Waals surface area (Å²) < 4.78 is 0. The highest BCUT2D eigenvalue weighted by atomic mass is 16.4. The summed E-state index contributed by atoms with van der Waals surface area (Å²) in [5.41, 5.74) is 2.40. The maximum absolute atomic E-state index is 10.8. The number of aromatic carboxylic acids is 1. The van der Waals surface area contributed by atoms with Crippen molar-refractivity contribution in [1.29, 1.82) is 0 Å². The molecule has 0 aromatic carbocycles. The molecule has 5 nitrogen and oxygen atoms in total. The van der Waals surface area contributed by atoms with Gasteiger partial charge in [-0.25, -0.2) is 4.79 Å². The van der Waals surface area contributed by atoms with Gasteiger partial charge in [0, 0.05) is 12.1 Å². The number of carbonyl (C=O) groups is 1. The molecule has 0 atom stereocenters. The van der Waals surface area contributed by atoms with Gasteiger partial charge in [-0.15, -0.1) is 0 Å². The molecule has 0 fully saturated rings. The molecule has 92 valence electrons. The summed E-state index contributed by atoms with van der Waals surface area (Å²) in [5, 5.41) is 18.3. The van der Waals surface area contributed by atoms with E-state index in [-0.39, 0.29) is 5.69 Å². The van der Waals surface area contributed by atoms with Crippen LogP contribution in [0.3, 0.4) is 0 Å². The smallest absolute Gasteiger partial charge is 0.354 e. The van der Waals surface area contributed by atoms with E-state index in [0.29, 0.717) is 12.1 Å². The van der Waals surface area contributed by atoms with Crippen LogP contribution in [-0.4, -0.2) is 27.8 Å². The number of rotatable bonds is 6. The van der Waals surface area contributed by atoms with E-state index in [1.165, 1.54) is 24.8 Å². The molecular weight excluding hydrogens is 218 g/mol. The van der Waals surface area contributed by atoms with Gasteiger partial charge in [0.1, 0.15) is 5.69 Å². The standard InChI is InChI=1S/C12H17N3O2/c16-12(17)11-10(8-14-15-11)7-13-6-5-9-3-1-2-4-9/h3,8,13H,1-2,4-7H2,(H,14,15)(H,16,17). The zero-order valence-electron chi connectivity index (χ0n) is 9.70. The van der Waals surface area contributed by atoms with E-state index in [1.54, 1.807) is 6.20 Å². The third-order valence-corrected chi connectivity index (χ3v) is 3.01. The van der Waals surface area contributed by atoms with Gasteiger partial charge < -0.3 is 10.4 Å².